The summed E-state index contributed by atoms with van der Waals surface area (Å²) in [5.74, 6) is 0.785. The summed E-state index contributed by atoms with van der Waals surface area (Å²) in [6.07, 6.45) is 4.98. The van der Waals surface area contributed by atoms with Crippen molar-refractivity contribution in [2.75, 3.05) is 12.4 Å². The molecule has 10 heteroatoms. The Bertz CT molecular complexity index is 1600. The molecule has 0 spiro atoms. The summed E-state index contributed by atoms with van der Waals surface area (Å²) in [4.78, 5) is 40.7. The fraction of sp³-hybridized carbons (Fsp3) is 0.235. The van der Waals surface area contributed by atoms with Crippen LogP contribution in [0.1, 0.15) is 52.0 Å². The van der Waals surface area contributed by atoms with Gasteiger partial charge in [-0.15, -0.1) is 0 Å². The maximum Gasteiger partial charge on any atom is 0.337 e. The van der Waals surface area contributed by atoms with E-state index in [-0.39, 0.29) is 41.6 Å². The molecule has 1 heterocycles. The average Bonchev–Trinajstić information content (AvgIpc) is 3.04. The zero-order valence-corrected chi connectivity index (χ0v) is 24.2. The molecule has 1 aromatic heterocycles. The van der Waals surface area contributed by atoms with Gasteiger partial charge in [0.05, 0.1) is 30.9 Å². The third kappa shape index (κ3) is 8.13. The lowest BCUT2D eigenvalue weighted by molar-refractivity contribution is -0.115. The molecule has 1 aliphatic rings. The van der Waals surface area contributed by atoms with Crippen molar-refractivity contribution in [3.63, 3.8) is 0 Å². The zero-order valence-electron chi connectivity index (χ0n) is 24.2. The minimum atomic E-state index is -1.11. The van der Waals surface area contributed by atoms with Crippen LogP contribution in [0.15, 0.2) is 91.1 Å². The molecule has 2 amide bonds. The first kappa shape index (κ1) is 30.1. The molecule has 3 N–H and O–H groups in total. The van der Waals surface area contributed by atoms with E-state index in [2.05, 4.69) is 15.6 Å². The predicted molar refractivity (Wildman–Crippen MR) is 164 cm³/mol. The Morgan fingerprint density at radius 1 is 0.864 bits per heavy atom. The van der Waals surface area contributed by atoms with E-state index in [1.54, 1.807) is 74.0 Å². The van der Waals surface area contributed by atoms with Crippen molar-refractivity contribution >= 4 is 23.5 Å². The van der Waals surface area contributed by atoms with Crippen molar-refractivity contribution in [1.82, 2.24) is 10.3 Å². The van der Waals surface area contributed by atoms with Gasteiger partial charge in [0.15, 0.2) is 0 Å². The lowest BCUT2D eigenvalue weighted by atomic mass is 9.92. The number of nitrogens with zero attached hydrogens (tertiary/aromatic N) is 1. The number of benzene rings is 3. The Labute approximate surface area is 255 Å². The number of carbonyl (C=O) groups excluding carboxylic acids is 2. The van der Waals surface area contributed by atoms with E-state index < -0.39 is 5.97 Å². The number of ether oxygens (including phenoxy) is 3. The molecule has 44 heavy (non-hydrogen) atoms. The minimum absolute atomic E-state index is 0.0259. The van der Waals surface area contributed by atoms with Crippen LogP contribution in [0.4, 0.5) is 5.69 Å². The minimum Gasteiger partial charge on any atom is -0.497 e. The predicted octanol–water partition coefficient (Wildman–Crippen LogP) is 5.88. The number of hydrogen-bond acceptors (Lipinski definition) is 7. The van der Waals surface area contributed by atoms with Crippen LogP contribution in [0.25, 0.3) is 0 Å². The van der Waals surface area contributed by atoms with Crippen LogP contribution < -0.4 is 24.8 Å². The highest BCUT2D eigenvalue weighted by atomic mass is 16.5. The second kappa shape index (κ2) is 14.2. The fourth-order valence-electron chi connectivity index (χ4n) is 4.99. The number of hydrogen-bond donors (Lipinski definition) is 3. The van der Waals surface area contributed by atoms with Crippen LogP contribution in [-0.2, 0) is 11.2 Å². The van der Waals surface area contributed by atoms with Gasteiger partial charge in [-0.1, -0.05) is 24.3 Å². The van der Waals surface area contributed by atoms with Crippen molar-refractivity contribution in [3.8, 4) is 23.1 Å². The normalized spacial score (nSPS) is 15.9. The number of aromatic nitrogens is 1. The highest BCUT2D eigenvalue weighted by molar-refractivity contribution is 6.01. The molecule has 1 saturated carbocycles. The molecule has 1 fully saturated rings. The number of anilines is 1. The molecule has 0 radical (unpaired) electrons. The first-order valence-corrected chi connectivity index (χ1v) is 14.3. The molecule has 0 bridgehead atoms. The van der Waals surface area contributed by atoms with E-state index in [0.717, 1.165) is 31.4 Å². The van der Waals surface area contributed by atoms with Crippen LogP contribution in [0.3, 0.4) is 0 Å². The number of carboxylic acid groups (broad SMARTS) is 1. The fourth-order valence-corrected chi connectivity index (χ4v) is 4.99. The van der Waals surface area contributed by atoms with Gasteiger partial charge in [-0.2, -0.15) is 0 Å². The standard InChI is InChI=1S/C34H33N3O7/c1-42-28-6-4-5-23(20-28)33(39)36-24-10-12-25(13-11-24)43-26-14-16-27(17-15-26)44-32-18-9-22(21-35-32)19-31(38)37-30-8-3-2-7-29(30)34(40)41/h2-9,14-18,20-21,24-25H,10-13,19H2,1H3,(H,36,39)(H,37,38)(H,40,41). The summed E-state index contributed by atoms with van der Waals surface area (Å²) in [5.41, 5.74) is 1.51. The number of para-hydroxylation sites is 1. The molecule has 0 aliphatic heterocycles. The van der Waals surface area contributed by atoms with Gasteiger partial charge >= 0.3 is 5.97 Å². The van der Waals surface area contributed by atoms with Crippen molar-refractivity contribution in [2.45, 2.75) is 44.2 Å². The Hall–Kier alpha value is -5.38. The Morgan fingerprint density at radius 2 is 1.61 bits per heavy atom. The van der Waals surface area contributed by atoms with Crippen LogP contribution >= 0.6 is 0 Å². The Balaban J connectivity index is 1.06. The van der Waals surface area contributed by atoms with Gasteiger partial charge in [0, 0.05) is 23.9 Å². The van der Waals surface area contributed by atoms with Gasteiger partial charge < -0.3 is 30.0 Å². The first-order chi connectivity index (χ1) is 21.4. The van der Waals surface area contributed by atoms with Crippen molar-refractivity contribution in [3.05, 3.63) is 108 Å². The van der Waals surface area contributed by atoms with Gasteiger partial charge in [0.25, 0.3) is 5.91 Å². The van der Waals surface area contributed by atoms with Crippen LogP contribution in [-0.4, -0.2) is 47.1 Å². The molecule has 3 aromatic carbocycles. The van der Waals surface area contributed by atoms with Crippen LogP contribution in [0, 0.1) is 0 Å². The maximum absolute atomic E-state index is 12.6. The van der Waals surface area contributed by atoms with E-state index in [9.17, 15) is 19.5 Å². The summed E-state index contributed by atoms with van der Waals surface area (Å²) in [6, 6.07) is 24.2. The second-order valence-corrected chi connectivity index (χ2v) is 10.5. The largest absolute Gasteiger partial charge is 0.497 e. The summed E-state index contributed by atoms with van der Waals surface area (Å²) < 4.78 is 17.2. The molecule has 4 aromatic rings. The molecule has 10 nitrogen and oxygen atoms in total. The molecule has 226 valence electrons. The number of methoxy groups -OCH3 is 1. The van der Waals surface area contributed by atoms with Crippen LogP contribution in [0.5, 0.6) is 23.1 Å². The van der Waals surface area contributed by atoms with E-state index in [1.807, 2.05) is 18.2 Å². The van der Waals surface area contributed by atoms with Gasteiger partial charge in [-0.25, -0.2) is 9.78 Å². The molecule has 0 unspecified atom stereocenters. The number of aromatic carboxylic acids is 1. The number of carboxylic acids is 1. The smallest absolute Gasteiger partial charge is 0.337 e. The van der Waals surface area contributed by atoms with Gasteiger partial charge in [0.2, 0.25) is 11.8 Å². The van der Waals surface area contributed by atoms with E-state index in [0.29, 0.717) is 28.5 Å². The monoisotopic (exact) mass is 595 g/mol. The maximum atomic E-state index is 12.6. The van der Waals surface area contributed by atoms with Crippen molar-refractivity contribution < 1.29 is 33.7 Å². The quantitative estimate of drug-likeness (QED) is 0.196. The highest BCUT2D eigenvalue weighted by Crippen LogP contribution is 2.27. The number of amides is 2. The van der Waals surface area contributed by atoms with E-state index in [4.69, 9.17) is 14.2 Å². The molecule has 5 rings (SSSR count). The topological polar surface area (TPSA) is 136 Å². The summed E-state index contributed by atoms with van der Waals surface area (Å²) in [5, 5.41) is 15.0. The zero-order chi connectivity index (χ0) is 30.9. The first-order valence-electron chi connectivity index (χ1n) is 14.3. The Morgan fingerprint density at radius 3 is 2.32 bits per heavy atom. The summed E-state index contributed by atoms with van der Waals surface area (Å²) >= 11 is 0. The number of rotatable bonds is 11. The van der Waals surface area contributed by atoms with Crippen molar-refractivity contribution in [2.24, 2.45) is 0 Å². The molecular weight excluding hydrogens is 562 g/mol. The third-order valence-corrected chi connectivity index (χ3v) is 7.28. The second-order valence-electron chi connectivity index (χ2n) is 10.5. The molecular formula is C34H33N3O7. The van der Waals surface area contributed by atoms with E-state index in [1.165, 1.54) is 6.07 Å². The number of nitrogens with one attached hydrogen (secondary N) is 2. The van der Waals surface area contributed by atoms with Gasteiger partial charge in [0.1, 0.15) is 17.2 Å². The van der Waals surface area contributed by atoms with Gasteiger partial charge in [-0.3, -0.25) is 9.59 Å². The molecule has 1 aliphatic carbocycles. The molecule has 0 atom stereocenters. The SMILES string of the molecule is COc1cccc(C(=O)NC2CCC(Oc3ccc(Oc4ccc(CC(=O)Nc5ccccc5C(=O)O)cn4)cc3)CC2)c1. The summed E-state index contributed by atoms with van der Waals surface area (Å²) in [6.45, 7) is 0. The Kier molecular flexibility index (Phi) is 9.71. The summed E-state index contributed by atoms with van der Waals surface area (Å²) in [7, 11) is 1.58. The lowest BCUT2D eigenvalue weighted by Gasteiger charge is -2.29. The van der Waals surface area contributed by atoms with E-state index >= 15 is 0 Å². The van der Waals surface area contributed by atoms with Crippen molar-refractivity contribution in [1.29, 1.82) is 0 Å². The average molecular weight is 596 g/mol. The van der Waals surface area contributed by atoms with Gasteiger partial charge in [-0.05, 0) is 85.8 Å². The molecule has 0 saturated heterocycles. The van der Waals surface area contributed by atoms with Crippen LogP contribution in [0.2, 0.25) is 0 Å². The lowest BCUT2D eigenvalue weighted by Crippen LogP contribution is -2.39. The number of pyridine rings is 1. The third-order valence-electron chi connectivity index (χ3n) is 7.28. The number of carbonyl (C=O) groups is 3. The highest BCUT2D eigenvalue weighted by Gasteiger charge is 2.24.